The van der Waals surface area contributed by atoms with Gasteiger partial charge < -0.3 is 9.47 Å². The Hall–Kier alpha value is -0.890. The molecule has 0 aromatic carbocycles. The molecular weight excluding hydrogens is 404 g/mol. The quantitative estimate of drug-likeness (QED) is 0.522. The molecule has 32 heavy (non-hydrogen) atoms. The summed E-state index contributed by atoms with van der Waals surface area (Å²) in [7, 11) is 0. The molecular formula is C25H46N4O3. The summed E-state index contributed by atoms with van der Waals surface area (Å²) in [6.45, 7) is 9.79. The fourth-order valence-corrected chi connectivity index (χ4v) is 6.08. The molecule has 0 aromatic rings. The van der Waals surface area contributed by atoms with Gasteiger partial charge in [-0.25, -0.2) is 4.79 Å². The summed E-state index contributed by atoms with van der Waals surface area (Å²) < 4.78 is 11.5. The van der Waals surface area contributed by atoms with Gasteiger partial charge in [-0.3, -0.25) is 19.6 Å². The van der Waals surface area contributed by atoms with Gasteiger partial charge in [0, 0.05) is 0 Å². The molecule has 0 amide bonds. The van der Waals surface area contributed by atoms with Crippen molar-refractivity contribution in [1.82, 2.24) is 19.6 Å². The number of piperidine rings is 4. The zero-order valence-electron chi connectivity index (χ0n) is 20.2. The predicted octanol–water partition coefficient (Wildman–Crippen LogP) is 3.74. The van der Waals surface area contributed by atoms with Crippen LogP contribution in [0.5, 0.6) is 0 Å². The molecule has 184 valence electrons. The summed E-state index contributed by atoms with van der Waals surface area (Å²) >= 11 is 0. The number of carbonyl (C=O) groups excluding carboxylic acids is 1. The molecule has 0 N–H and O–H groups in total. The number of rotatable bonds is 8. The van der Waals surface area contributed by atoms with Crippen molar-refractivity contribution in [2.75, 3.05) is 65.6 Å². The van der Waals surface area contributed by atoms with Crippen molar-refractivity contribution in [2.24, 2.45) is 0 Å². The Labute approximate surface area is 195 Å². The molecule has 4 fully saturated rings. The van der Waals surface area contributed by atoms with Gasteiger partial charge in [0.15, 0.2) is 0 Å². The van der Waals surface area contributed by atoms with Crippen LogP contribution in [0.3, 0.4) is 0 Å². The van der Waals surface area contributed by atoms with Crippen molar-refractivity contribution in [2.45, 2.75) is 89.4 Å². The second kappa shape index (κ2) is 13.1. The second-order valence-electron chi connectivity index (χ2n) is 10.2. The van der Waals surface area contributed by atoms with Gasteiger partial charge in [-0.2, -0.15) is 0 Å². The average Bonchev–Trinajstić information content (AvgIpc) is 2.87. The zero-order valence-corrected chi connectivity index (χ0v) is 20.2. The van der Waals surface area contributed by atoms with Crippen LogP contribution < -0.4 is 0 Å². The first-order chi connectivity index (χ1) is 15.8. The molecule has 0 spiro atoms. The van der Waals surface area contributed by atoms with E-state index in [4.69, 9.17) is 9.47 Å². The van der Waals surface area contributed by atoms with E-state index in [2.05, 4.69) is 19.6 Å². The van der Waals surface area contributed by atoms with Crippen molar-refractivity contribution in [1.29, 1.82) is 0 Å². The van der Waals surface area contributed by atoms with Crippen LogP contribution in [0.2, 0.25) is 0 Å². The van der Waals surface area contributed by atoms with Gasteiger partial charge in [0.05, 0.1) is 12.3 Å². The highest BCUT2D eigenvalue weighted by molar-refractivity contribution is 5.59. The number of carbonyl (C=O) groups is 1. The van der Waals surface area contributed by atoms with Gasteiger partial charge in [0.25, 0.3) is 0 Å². The van der Waals surface area contributed by atoms with Crippen LogP contribution in [0.1, 0.15) is 77.0 Å². The molecule has 0 atom stereocenters. The van der Waals surface area contributed by atoms with Crippen molar-refractivity contribution < 1.29 is 14.3 Å². The molecule has 0 bridgehead atoms. The third-order valence-electron chi connectivity index (χ3n) is 7.95. The SMILES string of the molecule is O=C(OCC(N1CCCCC1)N1CCCCC1)OCC(N1CCCCC1)N1CCCCC1. The third kappa shape index (κ3) is 7.05. The highest BCUT2D eigenvalue weighted by atomic mass is 16.7. The molecule has 0 aromatic heterocycles. The van der Waals surface area contributed by atoms with Crippen LogP contribution in [0, 0.1) is 0 Å². The Bertz CT molecular complexity index is 457. The Morgan fingerprint density at radius 3 is 0.969 bits per heavy atom. The smallest absolute Gasteiger partial charge is 0.431 e. The van der Waals surface area contributed by atoms with E-state index in [9.17, 15) is 4.79 Å². The topological polar surface area (TPSA) is 48.5 Å². The molecule has 4 aliphatic rings. The van der Waals surface area contributed by atoms with Crippen LogP contribution in [0.25, 0.3) is 0 Å². The summed E-state index contributed by atoms with van der Waals surface area (Å²) in [4.78, 5) is 22.8. The average molecular weight is 451 g/mol. The van der Waals surface area contributed by atoms with E-state index >= 15 is 0 Å². The predicted molar refractivity (Wildman–Crippen MR) is 127 cm³/mol. The third-order valence-corrected chi connectivity index (χ3v) is 7.95. The normalized spacial score (nSPS) is 25.3. The molecule has 4 rings (SSSR count). The molecule has 0 saturated carbocycles. The maximum atomic E-state index is 12.7. The first-order valence-corrected chi connectivity index (χ1v) is 13.6. The fourth-order valence-electron chi connectivity index (χ4n) is 6.08. The monoisotopic (exact) mass is 450 g/mol. The number of likely N-dealkylation sites (tertiary alicyclic amines) is 4. The van der Waals surface area contributed by atoms with E-state index in [-0.39, 0.29) is 12.3 Å². The molecule has 0 radical (unpaired) electrons. The van der Waals surface area contributed by atoms with Crippen LogP contribution in [-0.4, -0.2) is 104 Å². The van der Waals surface area contributed by atoms with Crippen molar-refractivity contribution >= 4 is 6.16 Å². The minimum atomic E-state index is -0.483. The second-order valence-corrected chi connectivity index (χ2v) is 10.2. The lowest BCUT2D eigenvalue weighted by molar-refractivity contribution is -0.0571. The number of hydrogen-bond donors (Lipinski definition) is 0. The summed E-state index contributed by atoms with van der Waals surface area (Å²) in [6.07, 6.45) is 15.2. The molecule has 0 unspecified atom stereocenters. The largest absolute Gasteiger partial charge is 0.508 e. The highest BCUT2D eigenvalue weighted by Crippen LogP contribution is 2.21. The van der Waals surface area contributed by atoms with Crippen LogP contribution in [0.4, 0.5) is 4.79 Å². The minimum absolute atomic E-state index is 0.211. The Kier molecular flexibility index (Phi) is 9.93. The standard InChI is InChI=1S/C25H46N4O3/c30-25(31-21-23(26-13-5-1-6-14-26)27-15-7-2-8-16-27)32-22-24(28-17-9-3-10-18-28)29-19-11-4-12-20-29/h23-24H,1-22H2. The van der Waals surface area contributed by atoms with Gasteiger partial charge >= 0.3 is 6.16 Å². The molecule has 4 aliphatic heterocycles. The molecule has 4 saturated heterocycles. The van der Waals surface area contributed by atoms with Crippen molar-refractivity contribution in [3.8, 4) is 0 Å². The van der Waals surface area contributed by atoms with Gasteiger partial charge in [0.2, 0.25) is 0 Å². The van der Waals surface area contributed by atoms with Gasteiger partial charge in [-0.1, -0.05) is 25.7 Å². The molecule has 4 heterocycles. The van der Waals surface area contributed by atoms with Gasteiger partial charge in [-0.05, 0) is 104 Å². The maximum Gasteiger partial charge on any atom is 0.508 e. The van der Waals surface area contributed by atoms with E-state index in [1.165, 1.54) is 77.0 Å². The van der Waals surface area contributed by atoms with Crippen molar-refractivity contribution in [3.05, 3.63) is 0 Å². The molecule has 7 heteroatoms. The van der Waals surface area contributed by atoms with Crippen LogP contribution in [0.15, 0.2) is 0 Å². The first kappa shape index (κ1) is 24.2. The highest BCUT2D eigenvalue weighted by Gasteiger charge is 2.31. The van der Waals surface area contributed by atoms with Crippen LogP contribution in [-0.2, 0) is 9.47 Å². The Morgan fingerprint density at radius 1 is 0.469 bits per heavy atom. The minimum Gasteiger partial charge on any atom is -0.431 e. The maximum absolute atomic E-state index is 12.7. The zero-order chi connectivity index (χ0) is 22.0. The summed E-state index contributed by atoms with van der Waals surface area (Å²) in [5, 5.41) is 0. The van der Waals surface area contributed by atoms with E-state index in [1.54, 1.807) is 0 Å². The lowest BCUT2D eigenvalue weighted by atomic mass is 10.1. The van der Waals surface area contributed by atoms with Gasteiger partial charge in [-0.15, -0.1) is 0 Å². The number of nitrogens with zero attached hydrogens (tertiary/aromatic N) is 4. The van der Waals surface area contributed by atoms with Crippen molar-refractivity contribution in [3.63, 3.8) is 0 Å². The Morgan fingerprint density at radius 2 is 0.719 bits per heavy atom. The van der Waals surface area contributed by atoms with E-state index in [0.717, 1.165) is 52.4 Å². The summed E-state index contributed by atoms with van der Waals surface area (Å²) in [5.74, 6) is 0. The molecule has 7 nitrogen and oxygen atoms in total. The Balaban J connectivity index is 1.29. The van der Waals surface area contributed by atoms with Crippen LogP contribution >= 0.6 is 0 Å². The first-order valence-electron chi connectivity index (χ1n) is 13.6. The summed E-state index contributed by atoms with van der Waals surface area (Å²) in [6, 6.07) is 0. The van der Waals surface area contributed by atoms with E-state index in [1.807, 2.05) is 0 Å². The number of hydrogen-bond acceptors (Lipinski definition) is 7. The lowest BCUT2D eigenvalue weighted by Crippen LogP contribution is -2.55. The fraction of sp³-hybridized carbons (Fsp3) is 0.960. The lowest BCUT2D eigenvalue weighted by Gasteiger charge is -2.43. The molecule has 0 aliphatic carbocycles. The van der Waals surface area contributed by atoms with Gasteiger partial charge in [0.1, 0.15) is 13.2 Å². The number of ether oxygens (including phenoxy) is 2. The summed E-state index contributed by atoms with van der Waals surface area (Å²) in [5.41, 5.74) is 0. The van der Waals surface area contributed by atoms with E-state index in [0.29, 0.717) is 13.2 Å². The van der Waals surface area contributed by atoms with E-state index < -0.39 is 6.16 Å².